The zero-order valence-corrected chi connectivity index (χ0v) is 7.45. The molecule has 0 saturated carbocycles. The number of hydrogen-bond acceptors (Lipinski definition) is 2. The van der Waals surface area contributed by atoms with Gasteiger partial charge in [0.1, 0.15) is 0 Å². The third-order valence-electron chi connectivity index (χ3n) is 2.37. The summed E-state index contributed by atoms with van der Waals surface area (Å²) in [4.78, 5) is 0. The van der Waals surface area contributed by atoms with E-state index in [4.69, 9.17) is 5.21 Å². The van der Waals surface area contributed by atoms with E-state index in [1.54, 1.807) is 0 Å². The number of allylic oxidation sites excluding steroid dienone is 3. The van der Waals surface area contributed by atoms with Gasteiger partial charge in [0.2, 0.25) is 0 Å². The first-order valence-electron chi connectivity index (χ1n) is 4.26. The van der Waals surface area contributed by atoms with Crippen LogP contribution >= 0.6 is 0 Å². The van der Waals surface area contributed by atoms with E-state index < -0.39 is 0 Å². The number of oxime groups is 1. The lowest BCUT2D eigenvalue weighted by molar-refractivity contribution is 0.321. The van der Waals surface area contributed by atoms with Crippen molar-refractivity contribution >= 4 is 6.21 Å². The molecule has 1 unspecified atom stereocenters. The maximum Gasteiger partial charge on any atom is 0.0690 e. The average molecular weight is 165 g/mol. The first-order valence-corrected chi connectivity index (χ1v) is 4.26. The third kappa shape index (κ3) is 2.22. The Morgan fingerprint density at radius 3 is 3.00 bits per heavy atom. The second-order valence-electron chi connectivity index (χ2n) is 3.34. The van der Waals surface area contributed by atoms with Crippen molar-refractivity contribution in [1.82, 2.24) is 0 Å². The van der Waals surface area contributed by atoms with E-state index in [0.717, 1.165) is 24.8 Å². The molecular weight excluding hydrogens is 150 g/mol. The first-order chi connectivity index (χ1) is 5.74. The highest BCUT2D eigenvalue weighted by Crippen LogP contribution is 2.27. The fourth-order valence-electron chi connectivity index (χ4n) is 1.49. The molecule has 0 radical (unpaired) electrons. The van der Waals surface area contributed by atoms with Crippen LogP contribution in [0.4, 0.5) is 0 Å². The lowest BCUT2D eigenvalue weighted by Crippen LogP contribution is -2.06. The van der Waals surface area contributed by atoms with Crippen molar-refractivity contribution in [1.29, 1.82) is 0 Å². The number of hydrogen-bond donors (Lipinski definition) is 1. The molecule has 0 aromatic rings. The minimum absolute atomic E-state index is 0.626. The normalized spacial score (nSPS) is 24.1. The van der Waals surface area contributed by atoms with Crippen molar-refractivity contribution in [3.63, 3.8) is 0 Å². The molecule has 12 heavy (non-hydrogen) atoms. The van der Waals surface area contributed by atoms with Crippen LogP contribution in [0.2, 0.25) is 0 Å². The Bertz CT molecular complexity index is 228. The molecule has 0 aromatic carbocycles. The number of rotatable bonds is 2. The third-order valence-corrected chi connectivity index (χ3v) is 2.37. The molecule has 1 aliphatic carbocycles. The fraction of sp³-hybridized carbons (Fsp3) is 0.500. The van der Waals surface area contributed by atoms with Gasteiger partial charge in [0.25, 0.3) is 0 Å². The molecule has 0 aliphatic heterocycles. The summed E-state index contributed by atoms with van der Waals surface area (Å²) in [6.07, 6.45) is 6.82. The summed E-state index contributed by atoms with van der Waals surface area (Å²) in [5, 5.41) is 11.3. The molecule has 0 fully saturated rings. The van der Waals surface area contributed by atoms with Gasteiger partial charge in [-0.05, 0) is 37.7 Å². The summed E-state index contributed by atoms with van der Waals surface area (Å²) in [5.41, 5.74) is 2.39. The van der Waals surface area contributed by atoms with E-state index in [1.807, 2.05) is 0 Å². The van der Waals surface area contributed by atoms with Crippen LogP contribution in [0.15, 0.2) is 29.0 Å². The summed E-state index contributed by atoms with van der Waals surface area (Å²) >= 11 is 0. The van der Waals surface area contributed by atoms with Crippen LogP contribution in [-0.2, 0) is 0 Å². The van der Waals surface area contributed by atoms with Gasteiger partial charge in [0.05, 0.1) is 6.21 Å². The van der Waals surface area contributed by atoms with E-state index in [2.05, 4.69) is 24.7 Å². The monoisotopic (exact) mass is 165 g/mol. The van der Waals surface area contributed by atoms with Gasteiger partial charge >= 0.3 is 0 Å². The molecule has 2 heteroatoms. The minimum Gasteiger partial charge on any atom is -0.411 e. The Kier molecular flexibility index (Phi) is 3.09. The van der Waals surface area contributed by atoms with Crippen LogP contribution in [0.5, 0.6) is 0 Å². The van der Waals surface area contributed by atoms with Crippen molar-refractivity contribution in [2.75, 3.05) is 0 Å². The zero-order valence-electron chi connectivity index (χ0n) is 7.45. The van der Waals surface area contributed by atoms with Crippen LogP contribution in [-0.4, -0.2) is 11.4 Å². The maximum absolute atomic E-state index is 8.30. The van der Waals surface area contributed by atoms with Crippen LogP contribution in [0.25, 0.3) is 0 Å². The molecule has 0 spiro atoms. The Balaban J connectivity index is 2.53. The summed E-state index contributed by atoms with van der Waals surface area (Å²) in [5.74, 6) is 0.626. The van der Waals surface area contributed by atoms with Gasteiger partial charge in [-0.2, -0.15) is 0 Å². The van der Waals surface area contributed by atoms with E-state index in [0.29, 0.717) is 5.92 Å². The highest BCUT2D eigenvalue weighted by Gasteiger charge is 2.13. The molecule has 1 N–H and O–H groups in total. The standard InChI is InChI=1S/C10H15NO/c1-8(2)10-5-3-9(4-6-10)7-11-12/h3,7,10,12H,1,4-6H2,2H3/b11-7+. The topological polar surface area (TPSA) is 32.6 Å². The van der Waals surface area contributed by atoms with Gasteiger partial charge in [-0.1, -0.05) is 23.4 Å². The molecule has 0 saturated heterocycles. The fourth-order valence-corrected chi connectivity index (χ4v) is 1.49. The van der Waals surface area contributed by atoms with Gasteiger partial charge in [0.15, 0.2) is 0 Å². The predicted octanol–water partition coefficient (Wildman–Crippen LogP) is 2.75. The highest BCUT2D eigenvalue weighted by molar-refractivity contribution is 5.78. The Labute approximate surface area is 73.3 Å². The Hall–Kier alpha value is -1.05. The first kappa shape index (κ1) is 9.04. The molecule has 0 heterocycles. The van der Waals surface area contributed by atoms with Crippen molar-refractivity contribution in [2.24, 2.45) is 11.1 Å². The van der Waals surface area contributed by atoms with Crippen molar-refractivity contribution in [3.8, 4) is 0 Å². The van der Waals surface area contributed by atoms with E-state index in [-0.39, 0.29) is 0 Å². The van der Waals surface area contributed by atoms with Gasteiger partial charge in [-0.15, -0.1) is 0 Å². The van der Waals surface area contributed by atoms with Crippen LogP contribution in [0.1, 0.15) is 26.2 Å². The maximum atomic E-state index is 8.30. The van der Waals surface area contributed by atoms with E-state index in [1.165, 1.54) is 11.8 Å². The van der Waals surface area contributed by atoms with Crippen molar-refractivity contribution < 1.29 is 5.21 Å². The van der Waals surface area contributed by atoms with E-state index >= 15 is 0 Å². The molecule has 1 rings (SSSR count). The minimum atomic E-state index is 0.626. The molecular formula is C10H15NO. The largest absolute Gasteiger partial charge is 0.411 e. The van der Waals surface area contributed by atoms with Gasteiger partial charge in [-0.3, -0.25) is 0 Å². The Morgan fingerprint density at radius 1 is 1.83 bits per heavy atom. The molecule has 66 valence electrons. The van der Waals surface area contributed by atoms with Crippen molar-refractivity contribution in [3.05, 3.63) is 23.8 Å². The zero-order chi connectivity index (χ0) is 8.97. The van der Waals surface area contributed by atoms with Crippen molar-refractivity contribution in [2.45, 2.75) is 26.2 Å². The highest BCUT2D eigenvalue weighted by atomic mass is 16.4. The molecule has 1 aliphatic rings. The summed E-state index contributed by atoms with van der Waals surface area (Å²) in [7, 11) is 0. The SMILES string of the molecule is C=C(C)C1CC=C(/C=N/O)CC1. The quantitative estimate of drug-likeness (QED) is 0.290. The lowest BCUT2D eigenvalue weighted by Gasteiger charge is -2.19. The molecule has 0 amide bonds. The second-order valence-corrected chi connectivity index (χ2v) is 3.34. The molecule has 2 nitrogen and oxygen atoms in total. The number of nitrogens with zero attached hydrogens (tertiary/aromatic N) is 1. The summed E-state index contributed by atoms with van der Waals surface area (Å²) < 4.78 is 0. The summed E-state index contributed by atoms with van der Waals surface area (Å²) in [6, 6.07) is 0. The molecule has 1 atom stereocenters. The smallest absolute Gasteiger partial charge is 0.0690 e. The van der Waals surface area contributed by atoms with Gasteiger partial charge in [-0.25, -0.2) is 0 Å². The van der Waals surface area contributed by atoms with Crippen LogP contribution in [0.3, 0.4) is 0 Å². The van der Waals surface area contributed by atoms with E-state index in [9.17, 15) is 0 Å². The average Bonchev–Trinajstić information content (AvgIpc) is 2.06. The summed E-state index contributed by atoms with van der Waals surface area (Å²) in [6.45, 7) is 6.01. The molecule has 0 aromatic heterocycles. The Morgan fingerprint density at radius 2 is 2.58 bits per heavy atom. The lowest BCUT2D eigenvalue weighted by atomic mass is 9.86. The predicted molar refractivity (Wildman–Crippen MR) is 50.5 cm³/mol. The van der Waals surface area contributed by atoms with Gasteiger partial charge in [0, 0.05) is 0 Å². The van der Waals surface area contributed by atoms with Crippen LogP contribution in [0, 0.1) is 5.92 Å². The van der Waals surface area contributed by atoms with Gasteiger partial charge < -0.3 is 5.21 Å². The molecule has 0 bridgehead atoms. The second kappa shape index (κ2) is 4.10. The van der Waals surface area contributed by atoms with Crippen LogP contribution < -0.4 is 0 Å².